The average molecular weight is 152 g/mol. The van der Waals surface area contributed by atoms with Crippen LogP contribution in [0.5, 0.6) is 0 Å². The van der Waals surface area contributed by atoms with E-state index in [2.05, 4.69) is 4.98 Å². The quantitative estimate of drug-likeness (QED) is 0.626. The lowest BCUT2D eigenvalue weighted by atomic mass is 10.1. The predicted molar refractivity (Wildman–Crippen MR) is 45.6 cm³/mol. The molecule has 0 amide bonds. The molecule has 1 rings (SSSR count). The molecule has 3 N–H and O–H groups in total. The van der Waals surface area contributed by atoms with E-state index in [1.54, 1.807) is 6.20 Å². The number of hydrogen-bond acceptors (Lipinski definition) is 2. The van der Waals surface area contributed by atoms with Gasteiger partial charge in [-0.2, -0.15) is 0 Å². The van der Waals surface area contributed by atoms with Gasteiger partial charge < -0.3 is 10.7 Å². The largest absolute Gasteiger partial charge is 0.394 e. The van der Waals surface area contributed by atoms with E-state index in [9.17, 15) is 4.79 Å². The van der Waals surface area contributed by atoms with Gasteiger partial charge in [0, 0.05) is 6.20 Å². The van der Waals surface area contributed by atoms with Gasteiger partial charge in [0.05, 0.1) is 0 Å². The topological polar surface area (TPSA) is 58.9 Å². The molecule has 11 heavy (non-hydrogen) atoms. The summed E-state index contributed by atoms with van der Waals surface area (Å²) in [6.45, 7) is 3.89. The first kappa shape index (κ1) is 7.85. The molecule has 0 aromatic carbocycles. The molecule has 0 aliphatic heterocycles. The average Bonchev–Trinajstić information content (AvgIpc) is 2.01. The lowest BCUT2D eigenvalue weighted by molar-refractivity contribution is 1.06. The Balaban J connectivity index is 3.37. The summed E-state index contributed by atoms with van der Waals surface area (Å²) < 4.78 is 0. The molecule has 1 heterocycles. The van der Waals surface area contributed by atoms with Crippen LogP contribution in [0.4, 0.5) is 5.69 Å². The number of aryl methyl sites for hydroxylation is 1. The minimum atomic E-state index is -0.195. The first-order valence-corrected chi connectivity index (χ1v) is 3.63. The van der Waals surface area contributed by atoms with Crippen LogP contribution < -0.4 is 11.3 Å². The Morgan fingerprint density at radius 2 is 2.27 bits per heavy atom. The Morgan fingerprint density at radius 3 is 2.82 bits per heavy atom. The third-order valence-electron chi connectivity index (χ3n) is 1.89. The van der Waals surface area contributed by atoms with Crippen LogP contribution in [0.1, 0.15) is 18.1 Å². The highest BCUT2D eigenvalue weighted by Crippen LogP contribution is 2.09. The van der Waals surface area contributed by atoms with Crippen LogP contribution in [0.3, 0.4) is 0 Å². The number of nitrogens with one attached hydrogen (secondary N) is 1. The van der Waals surface area contributed by atoms with Gasteiger partial charge in [0.2, 0.25) is 0 Å². The van der Waals surface area contributed by atoms with Gasteiger partial charge in [0.15, 0.2) is 0 Å². The molecule has 0 saturated carbocycles. The van der Waals surface area contributed by atoms with Crippen LogP contribution in [0, 0.1) is 6.92 Å². The van der Waals surface area contributed by atoms with E-state index in [1.807, 2.05) is 13.8 Å². The molecular weight excluding hydrogens is 140 g/mol. The highest BCUT2D eigenvalue weighted by Gasteiger charge is 2.02. The van der Waals surface area contributed by atoms with E-state index in [0.29, 0.717) is 5.69 Å². The zero-order valence-corrected chi connectivity index (χ0v) is 6.77. The summed E-state index contributed by atoms with van der Waals surface area (Å²) in [5, 5.41) is 0. The fourth-order valence-corrected chi connectivity index (χ4v) is 1.05. The Hall–Kier alpha value is -1.25. The summed E-state index contributed by atoms with van der Waals surface area (Å²) in [5.74, 6) is 0. The molecule has 0 unspecified atom stereocenters. The number of H-pyrrole nitrogens is 1. The summed E-state index contributed by atoms with van der Waals surface area (Å²) in [4.78, 5) is 13.5. The summed E-state index contributed by atoms with van der Waals surface area (Å²) in [6.07, 6.45) is 2.61. The maximum absolute atomic E-state index is 10.9. The van der Waals surface area contributed by atoms with E-state index in [0.717, 1.165) is 17.5 Å². The molecule has 0 aliphatic rings. The van der Waals surface area contributed by atoms with Gasteiger partial charge in [-0.15, -0.1) is 0 Å². The standard InChI is InChI=1S/C8H12N2O/c1-3-6-4-10-8(11)7(9)5(6)2/h4H,3,9H2,1-2H3,(H,10,11). The normalized spacial score (nSPS) is 10.0. The molecule has 1 aromatic rings. The van der Waals surface area contributed by atoms with Crippen molar-refractivity contribution in [3.05, 3.63) is 27.7 Å². The van der Waals surface area contributed by atoms with Gasteiger partial charge in [-0.05, 0) is 24.5 Å². The Morgan fingerprint density at radius 1 is 1.64 bits per heavy atom. The monoisotopic (exact) mass is 152 g/mol. The number of nitrogen functional groups attached to an aromatic ring is 1. The second kappa shape index (κ2) is 2.78. The van der Waals surface area contributed by atoms with E-state index in [1.165, 1.54) is 0 Å². The summed E-state index contributed by atoms with van der Waals surface area (Å²) in [7, 11) is 0. The Bertz CT molecular complexity index is 314. The SMILES string of the molecule is CCc1c[nH]c(=O)c(N)c1C. The molecular formula is C8H12N2O. The van der Waals surface area contributed by atoms with Crippen molar-refractivity contribution in [2.24, 2.45) is 0 Å². The second-order valence-electron chi connectivity index (χ2n) is 2.54. The lowest BCUT2D eigenvalue weighted by Crippen LogP contribution is -2.14. The molecule has 3 nitrogen and oxygen atoms in total. The molecule has 0 bridgehead atoms. The van der Waals surface area contributed by atoms with Crippen molar-refractivity contribution in [2.75, 3.05) is 5.73 Å². The van der Waals surface area contributed by atoms with Crippen molar-refractivity contribution in [3.8, 4) is 0 Å². The van der Waals surface area contributed by atoms with Gasteiger partial charge >= 0.3 is 0 Å². The third kappa shape index (κ3) is 1.27. The highest BCUT2D eigenvalue weighted by atomic mass is 16.1. The van der Waals surface area contributed by atoms with Gasteiger partial charge in [-0.25, -0.2) is 0 Å². The fourth-order valence-electron chi connectivity index (χ4n) is 1.05. The summed E-state index contributed by atoms with van der Waals surface area (Å²) in [6, 6.07) is 0. The van der Waals surface area contributed by atoms with Crippen LogP contribution in [0.25, 0.3) is 0 Å². The molecule has 0 saturated heterocycles. The third-order valence-corrected chi connectivity index (χ3v) is 1.89. The number of rotatable bonds is 1. The number of aromatic nitrogens is 1. The van der Waals surface area contributed by atoms with Crippen LogP contribution in [0.15, 0.2) is 11.0 Å². The van der Waals surface area contributed by atoms with Gasteiger partial charge in [-0.3, -0.25) is 4.79 Å². The van der Waals surface area contributed by atoms with E-state index in [-0.39, 0.29) is 5.56 Å². The smallest absolute Gasteiger partial charge is 0.271 e. The van der Waals surface area contributed by atoms with Crippen LogP contribution in [0.2, 0.25) is 0 Å². The van der Waals surface area contributed by atoms with Gasteiger partial charge in [0.1, 0.15) is 5.69 Å². The van der Waals surface area contributed by atoms with Crippen molar-refractivity contribution < 1.29 is 0 Å². The van der Waals surface area contributed by atoms with Gasteiger partial charge in [0.25, 0.3) is 5.56 Å². The zero-order chi connectivity index (χ0) is 8.43. The number of anilines is 1. The predicted octanol–water partition coefficient (Wildman–Crippen LogP) is 0.828. The van der Waals surface area contributed by atoms with Crippen molar-refractivity contribution in [1.82, 2.24) is 4.98 Å². The van der Waals surface area contributed by atoms with Crippen LogP contribution in [-0.2, 0) is 6.42 Å². The highest BCUT2D eigenvalue weighted by molar-refractivity contribution is 5.47. The molecule has 0 spiro atoms. The maximum Gasteiger partial charge on any atom is 0.271 e. The Labute approximate surface area is 65.2 Å². The number of pyridine rings is 1. The van der Waals surface area contributed by atoms with Crippen LogP contribution in [-0.4, -0.2) is 4.98 Å². The minimum absolute atomic E-state index is 0.195. The van der Waals surface area contributed by atoms with E-state index in [4.69, 9.17) is 5.73 Å². The van der Waals surface area contributed by atoms with Crippen molar-refractivity contribution in [3.63, 3.8) is 0 Å². The Kier molecular flexibility index (Phi) is 1.98. The number of aromatic amines is 1. The van der Waals surface area contributed by atoms with E-state index < -0.39 is 0 Å². The summed E-state index contributed by atoms with van der Waals surface area (Å²) >= 11 is 0. The first-order valence-electron chi connectivity index (χ1n) is 3.63. The number of hydrogen-bond donors (Lipinski definition) is 2. The molecule has 1 aromatic heterocycles. The van der Waals surface area contributed by atoms with Gasteiger partial charge in [-0.1, -0.05) is 6.92 Å². The summed E-state index contributed by atoms with van der Waals surface area (Å²) in [5.41, 5.74) is 7.66. The minimum Gasteiger partial charge on any atom is -0.394 e. The maximum atomic E-state index is 10.9. The first-order chi connectivity index (χ1) is 5.16. The van der Waals surface area contributed by atoms with Crippen molar-refractivity contribution in [2.45, 2.75) is 20.3 Å². The molecule has 0 fully saturated rings. The molecule has 60 valence electrons. The zero-order valence-electron chi connectivity index (χ0n) is 6.77. The molecule has 0 aliphatic carbocycles. The lowest BCUT2D eigenvalue weighted by Gasteiger charge is -2.03. The second-order valence-corrected chi connectivity index (χ2v) is 2.54. The van der Waals surface area contributed by atoms with Crippen molar-refractivity contribution in [1.29, 1.82) is 0 Å². The molecule has 0 atom stereocenters. The molecule has 0 radical (unpaired) electrons. The van der Waals surface area contributed by atoms with E-state index >= 15 is 0 Å². The number of nitrogens with two attached hydrogens (primary N) is 1. The van der Waals surface area contributed by atoms with Crippen molar-refractivity contribution >= 4 is 5.69 Å². The molecule has 3 heteroatoms. The van der Waals surface area contributed by atoms with Crippen LogP contribution >= 0.6 is 0 Å². The fraction of sp³-hybridized carbons (Fsp3) is 0.375.